The van der Waals surface area contributed by atoms with E-state index in [1.165, 1.54) is 0 Å². The summed E-state index contributed by atoms with van der Waals surface area (Å²) >= 11 is 18.2. The fourth-order valence-electron chi connectivity index (χ4n) is 1.90. The third-order valence-corrected chi connectivity index (χ3v) is 12.9. The molecule has 0 bridgehead atoms. The summed E-state index contributed by atoms with van der Waals surface area (Å²) in [6.07, 6.45) is 0. The van der Waals surface area contributed by atoms with Gasteiger partial charge in [0.1, 0.15) is 0 Å². The third-order valence-electron chi connectivity index (χ3n) is 2.76. The van der Waals surface area contributed by atoms with Gasteiger partial charge in [-0.2, -0.15) is 0 Å². The molecule has 0 aromatic heterocycles. The second-order valence-electron chi connectivity index (χ2n) is 4.15. The molecular formula is C13H17Br5O3Si. The van der Waals surface area contributed by atoms with Crippen molar-refractivity contribution in [3.05, 3.63) is 31.1 Å². The molecule has 126 valence electrons. The van der Waals surface area contributed by atoms with E-state index in [9.17, 15) is 0 Å². The number of benzene rings is 1. The van der Waals surface area contributed by atoms with Crippen LogP contribution in [-0.2, 0) is 16.1 Å². The lowest BCUT2D eigenvalue weighted by Gasteiger charge is -2.38. The molecule has 0 aliphatic rings. The van der Waals surface area contributed by atoms with Crippen molar-refractivity contribution in [1.29, 1.82) is 0 Å². The van der Waals surface area contributed by atoms with Crippen molar-refractivity contribution in [1.82, 2.24) is 0 Å². The Balaban J connectivity index is 3.46. The van der Waals surface area contributed by atoms with Crippen molar-refractivity contribution in [3.63, 3.8) is 0 Å². The molecule has 0 unspecified atom stereocenters. The summed E-state index contributed by atoms with van der Waals surface area (Å²) in [7, 11) is -3.07. The minimum Gasteiger partial charge on any atom is -0.372 e. The van der Waals surface area contributed by atoms with Gasteiger partial charge in [0.15, 0.2) is 2.86 Å². The zero-order chi connectivity index (χ0) is 17.0. The maximum atomic E-state index is 6.01. The molecule has 9 heteroatoms. The van der Waals surface area contributed by atoms with Crippen LogP contribution in [0.2, 0.25) is 0 Å². The first-order valence-electron chi connectivity index (χ1n) is 6.71. The topological polar surface area (TPSA) is 27.7 Å². The van der Waals surface area contributed by atoms with Crippen LogP contribution in [0.4, 0.5) is 0 Å². The Hall–Kier alpha value is 1.72. The van der Waals surface area contributed by atoms with Crippen LogP contribution in [0.3, 0.4) is 0 Å². The Bertz CT molecular complexity index is 496. The lowest BCUT2D eigenvalue weighted by atomic mass is 10.2. The maximum absolute atomic E-state index is 6.01. The first kappa shape index (κ1) is 21.8. The highest BCUT2D eigenvalue weighted by Crippen LogP contribution is 2.52. The molecule has 0 spiro atoms. The molecule has 1 rings (SSSR count). The highest BCUT2D eigenvalue weighted by molar-refractivity contribution is 9.25. The minimum absolute atomic E-state index is 0.500. The summed E-state index contributed by atoms with van der Waals surface area (Å²) in [5, 5.41) is 0. The van der Waals surface area contributed by atoms with Gasteiger partial charge in [0.05, 0.1) is 0 Å². The number of hydrogen-bond acceptors (Lipinski definition) is 3. The molecule has 22 heavy (non-hydrogen) atoms. The number of alkyl halides is 2. The van der Waals surface area contributed by atoms with Crippen molar-refractivity contribution >= 4 is 88.5 Å². The first-order chi connectivity index (χ1) is 10.3. The Labute approximate surface area is 174 Å². The Morgan fingerprint density at radius 3 is 1.73 bits per heavy atom. The molecule has 0 fully saturated rings. The molecule has 0 heterocycles. The largest absolute Gasteiger partial charge is 0.534 e. The van der Waals surface area contributed by atoms with E-state index in [4.69, 9.17) is 13.3 Å². The first-order valence-corrected chi connectivity index (χ1v) is 12.4. The predicted molar refractivity (Wildman–Crippen MR) is 110 cm³/mol. The van der Waals surface area contributed by atoms with Gasteiger partial charge in [-0.25, -0.2) is 0 Å². The molecule has 1 aromatic rings. The van der Waals surface area contributed by atoms with Gasteiger partial charge in [-0.05, 0) is 80.2 Å². The highest BCUT2D eigenvalue weighted by Gasteiger charge is 2.60. The fraction of sp³-hybridized carbons (Fsp3) is 0.538. The van der Waals surface area contributed by atoms with E-state index in [1.807, 2.05) is 32.9 Å². The molecule has 0 N–H and O–H groups in total. The van der Waals surface area contributed by atoms with Crippen LogP contribution in [0.25, 0.3) is 0 Å². The summed E-state index contributed by atoms with van der Waals surface area (Å²) in [4.78, 5) is 0. The highest BCUT2D eigenvalue weighted by atomic mass is 79.9. The molecule has 1 aromatic carbocycles. The van der Waals surface area contributed by atoms with Crippen LogP contribution in [0.15, 0.2) is 25.6 Å². The minimum atomic E-state index is -3.07. The molecule has 0 atom stereocenters. The van der Waals surface area contributed by atoms with E-state index in [0.717, 1.165) is 19.0 Å². The van der Waals surface area contributed by atoms with E-state index in [2.05, 4.69) is 79.6 Å². The summed E-state index contributed by atoms with van der Waals surface area (Å²) in [5.41, 5.74) is 0.935. The molecule has 0 radical (unpaired) electrons. The smallest absolute Gasteiger partial charge is 0.372 e. The summed E-state index contributed by atoms with van der Waals surface area (Å²) in [5.74, 6) is 0. The van der Waals surface area contributed by atoms with Gasteiger partial charge in [0.2, 0.25) is 0 Å². The summed E-state index contributed by atoms with van der Waals surface area (Å²) in [6, 6.07) is 3.95. The van der Waals surface area contributed by atoms with E-state index in [1.54, 1.807) is 0 Å². The number of hydrogen-bond donors (Lipinski definition) is 0. The number of rotatable bonds is 8. The van der Waals surface area contributed by atoms with Gasteiger partial charge in [0.25, 0.3) is 0 Å². The fourth-order valence-corrected chi connectivity index (χ4v) is 9.39. The van der Waals surface area contributed by atoms with Crippen LogP contribution in [0, 0.1) is 0 Å². The van der Waals surface area contributed by atoms with E-state index >= 15 is 0 Å². The van der Waals surface area contributed by atoms with Crippen molar-refractivity contribution in [3.8, 4) is 0 Å². The lowest BCUT2D eigenvalue weighted by molar-refractivity contribution is 0.0675. The average Bonchev–Trinajstić information content (AvgIpc) is 2.45. The third kappa shape index (κ3) is 4.46. The summed E-state index contributed by atoms with van der Waals surface area (Å²) < 4.78 is 20.0. The zero-order valence-corrected chi connectivity index (χ0v) is 21.3. The van der Waals surface area contributed by atoms with Crippen LogP contribution >= 0.6 is 79.6 Å². The molecule has 0 saturated carbocycles. The van der Waals surface area contributed by atoms with Crippen molar-refractivity contribution in [2.24, 2.45) is 0 Å². The van der Waals surface area contributed by atoms with Gasteiger partial charge < -0.3 is 13.3 Å². The normalized spacial score (nSPS) is 12.7. The summed E-state index contributed by atoms with van der Waals surface area (Å²) in [6.45, 7) is 7.30. The average molecular weight is 649 g/mol. The molecule has 0 aliphatic heterocycles. The van der Waals surface area contributed by atoms with Crippen molar-refractivity contribution in [2.45, 2.75) is 23.6 Å². The number of halogens is 5. The van der Waals surface area contributed by atoms with Gasteiger partial charge in [-0.1, -0.05) is 37.9 Å². The van der Waals surface area contributed by atoms with Crippen LogP contribution in [0.1, 0.15) is 26.3 Å². The van der Waals surface area contributed by atoms with Gasteiger partial charge in [-0.3, -0.25) is 0 Å². The Morgan fingerprint density at radius 2 is 1.32 bits per heavy atom. The van der Waals surface area contributed by atoms with Crippen LogP contribution < -0.4 is 0 Å². The van der Waals surface area contributed by atoms with Crippen molar-refractivity contribution < 1.29 is 13.3 Å². The van der Waals surface area contributed by atoms with E-state index in [-0.39, 0.29) is 0 Å². The molecular weight excluding hydrogens is 632 g/mol. The second kappa shape index (κ2) is 9.42. The second-order valence-corrected chi connectivity index (χ2v) is 14.2. The Kier molecular flexibility index (Phi) is 9.32. The van der Waals surface area contributed by atoms with Crippen LogP contribution in [0.5, 0.6) is 0 Å². The molecule has 0 saturated heterocycles. The van der Waals surface area contributed by atoms with Gasteiger partial charge in [-0.15, -0.1) is 0 Å². The monoisotopic (exact) mass is 644 g/mol. The quantitative estimate of drug-likeness (QED) is 0.183. The van der Waals surface area contributed by atoms with Gasteiger partial charge in [0, 0.05) is 33.2 Å². The molecule has 0 amide bonds. The van der Waals surface area contributed by atoms with Crippen molar-refractivity contribution in [2.75, 3.05) is 19.8 Å². The standard InChI is InChI=1S/C13H17Br5O3Si/c1-4-19-22(20-5-2,21-6-3)13(17,18)9-7-8-10(14)12(16)11(9)15/h7-8H,4-6H2,1-3H3. The Morgan fingerprint density at radius 1 is 0.864 bits per heavy atom. The van der Waals surface area contributed by atoms with Crippen LogP contribution in [-0.4, -0.2) is 28.6 Å². The lowest BCUT2D eigenvalue weighted by Crippen LogP contribution is -2.57. The maximum Gasteiger partial charge on any atom is 0.534 e. The van der Waals surface area contributed by atoms with E-state index < -0.39 is 11.7 Å². The molecule has 0 aliphatic carbocycles. The predicted octanol–water partition coefficient (Wildman–Crippen LogP) is 6.50. The van der Waals surface area contributed by atoms with E-state index in [0.29, 0.717) is 19.8 Å². The molecule has 3 nitrogen and oxygen atoms in total. The van der Waals surface area contributed by atoms with Gasteiger partial charge >= 0.3 is 8.80 Å². The SMILES string of the molecule is CCO[Si](OCC)(OCC)C(Br)(Br)c1ccc(Br)c(Br)c1Br. The zero-order valence-electron chi connectivity index (χ0n) is 12.4.